The Morgan fingerprint density at radius 3 is 2.06 bits per heavy atom. The second kappa shape index (κ2) is 6.76. The van der Waals surface area contributed by atoms with E-state index in [1.165, 1.54) is 0 Å². The highest BCUT2D eigenvalue weighted by Crippen LogP contribution is 2.16. The van der Waals surface area contributed by atoms with Crippen LogP contribution >= 0.6 is 0 Å². The van der Waals surface area contributed by atoms with Crippen molar-refractivity contribution in [3.05, 3.63) is 10.1 Å². The predicted molar refractivity (Wildman–Crippen MR) is 53.6 cm³/mol. The molecule has 0 spiro atoms. The van der Waals surface area contributed by atoms with E-state index in [1.807, 2.05) is 0 Å². The van der Waals surface area contributed by atoms with Gasteiger partial charge in [0.2, 0.25) is 6.54 Å². The molecule has 1 unspecified atom stereocenters. The molecule has 0 radical (unpaired) electrons. The van der Waals surface area contributed by atoms with E-state index in [4.69, 9.17) is 10.2 Å². The summed E-state index contributed by atoms with van der Waals surface area (Å²) in [6, 6.07) is 0. The number of nitrogens with zero attached hydrogens (tertiary/aromatic N) is 1. The van der Waals surface area contributed by atoms with Crippen molar-refractivity contribution in [2.24, 2.45) is 11.8 Å². The van der Waals surface area contributed by atoms with Gasteiger partial charge >= 0.3 is 11.9 Å². The summed E-state index contributed by atoms with van der Waals surface area (Å²) < 4.78 is 0. The predicted octanol–water partition coefficient (Wildman–Crippen LogP) is 0.855. The summed E-state index contributed by atoms with van der Waals surface area (Å²) in [4.78, 5) is 30.7. The average molecular weight is 233 g/mol. The third-order valence-corrected chi connectivity index (χ3v) is 2.35. The van der Waals surface area contributed by atoms with Gasteiger partial charge in [0.05, 0.1) is 0 Å². The van der Waals surface area contributed by atoms with Gasteiger partial charge in [-0.3, -0.25) is 19.7 Å². The van der Waals surface area contributed by atoms with Crippen molar-refractivity contribution in [1.82, 2.24) is 0 Å². The number of rotatable bonds is 8. The molecule has 0 heterocycles. The van der Waals surface area contributed by atoms with Gasteiger partial charge in [0.15, 0.2) is 5.92 Å². The van der Waals surface area contributed by atoms with Crippen molar-refractivity contribution in [2.75, 3.05) is 6.54 Å². The van der Waals surface area contributed by atoms with Gasteiger partial charge in [0.1, 0.15) is 0 Å². The molecular formula is C9H15NO6. The molecule has 0 fully saturated rings. The Kier molecular flexibility index (Phi) is 6.06. The second-order valence-electron chi connectivity index (χ2n) is 3.76. The van der Waals surface area contributed by atoms with E-state index >= 15 is 0 Å². The number of carbonyl (C=O) groups is 2. The molecule has 0 aromatic rings. The molecule has 0 rings (SSSR count). The van der Waals surface area contributed by atoms with Crippen LogP contribution in [0, 0.1) is 22.0 Å². The molecule has 1 atom stereocenters. The molecule has 0 aromatic heterocycles. The van der Waals surface area contributed by atoms with Crippen LogP contribution < -0.4 is 0 Å². The molecule has 0 aliphatic rings. The third-order valence-electron chi connectivity index (χ3n) is 2.35. The van der Waals surface area contributed by atoms with E-state index in [0.29, 0.717) is 12.8 Å². The lowest BCUT2D eigenvalue weighted by molar-refractivity contribution is -0.481. The minimum absolute atomic E-state index is 0.00352. The highest BCUT2D eigenvalue weighted by atomic mass is 16.6. The molecule has 0 saturated carbocycles. The molecule has 92 valence electrons. The summed E-state index contributed by atoms with van der Waals surface area (Å²) in [7, 11) is 0. The first-order chi connectivity index (χ1) is 7.34. The van der Waals surface area contributed by atoms with Crippen molar-refractivity contribution in [1.29, 1.82) is 0 Å². The molecule has 0 aromatic carbocycles. The molecule has 0 bridgehead atoms. The lowest BCUT2D eigenvalue weighted by Crippen LogP contribution is -2.24. The van der Waals surface area contributed by atoms with Gasteiger partial charge in [0, 0.05) is 11.3 Å². The first kappa shape index (κ1) is 14.3. The minimum Gasteiger partial charge on any atom is -0.481 e. The van der Waals surface area contributed by atoms with E-state index < -0.39 is 22.8 Å². The van der Waals surface area contributed by atoms with Crippen LogP contribution in [-0.2, 0) is 9.59 Å². The highest BCUT2D eigenvalue weighted by Gasteiger charge is 2.25. The fraction of sp³-hybridized carbons (Fsp3) is 0.778. The Morgan fingerprint density at radius 1 is 1.19 bits per heavy atom. The third kappa shape index (κ3) is 5.94. The SMILES string of the molecule is CC(CCC(C(=O)O)C(=O)O)CC[N+](=O)[O-]. The van der Waals surface area contributed by atoms with Crippen LogP contribution in [0.25, 0.3) is 0 Å². The first-order valence-electron chi connectivity index (χ1n) is 4.92. The Labute approximate surface area is 92.2 Å². The van der Waals surface area contributed by atoms with E-state index in [-0.39, 0.29) is 18.9 Å². The monoisotopic (exact) mass is 233 g/mol. The van der Waals surface area contributed by atoms with Gasteiger partial charge in [-0.2, -0.15) is 0 Å². The molecule has 7 nitrogen and oxygen atoms in total. The molecule has 7 heteroatoms. The van der Waals surface area contributed by atoms with Crippen LogP contribution in [0.1, 0.15) is 26.2 Å². The standard InChI is InChI=1S/C9H15NO6/c1-6(4-5-10(15)16)2-3-7(8(11)12)9(13)14/h6-7H,2-5H2,1H3,(H,11,12)(H,13,14). The summed E-state index contributed by atoms with van der Waals surface area (Å²) in [5.41, 5.74) is 0. The van der Waals surface area contributed by atoms with Gasteiger partial charge in [0.25, 0.3) is 0 Å². The van der Waals surface area contributed by atoms with Crippen molar-refractivity contribution in [3.63, 3.8) is 0 Å². The Hall–Kier alpha value is -1.66. The number of carboxylic acids is 2. The summed E-state index contributed by atoms with van der Waals surface area (Å²) in [6.45, 7) is 1.57. The molecule has 0 aliphatic carbocycles. The lowest BCUT2D eigenvalue weighted by Gasteiger charge is -2.11. The van der Waals surface area contributed by atoms with Crippen molar-refractivity contribution in [2.45, 2.75) is 26.2 Å². The van der Waals surface area contributed by atoms with Crippen molar-refractivity contribution < 1.29 is 24.7 Å². The zero-order chi connectivity index (χ0) is 12.7. The number of nitro groups is 1. The van der Waals surface area contributed by atoms with E-state index in [9.17, 15) is 19.7 Å². The Morgan fingerprint density at radius 2 is 1.69 bits per heavy atom. The number of hydrogen-bond donors (Lipinski definition) is 2. The van der Waals surface area contributed by atoms with Gasteiger partial charge in [-0.15, -0.1) is 0 Å². The molecular weight excluding hydrogens is 218 g/mol. The largest absolute Gasteiger partial charge is 0.481 e. The summed E-state index contributed by atoms with van der Waals surface area (Å²) >= 11 is 0. The summed E-state index contributed by atoms with van der Waals surface area (Å²) in [6.07, 6.45) is 0.694. The molecule has 0 aliphatic heterocycles. The highest BCUT2D eigenvalue weighted by molar-refractivity contribution is 5.92. The maximum atomic E-state index is 10.5. The van der Waals surface area contributed by atoms with E-state index in [0.717, 1.165) is 0 Å². The number of aliphatic carboxylic acids is 2. The van der Waals surface area contributed by atoms with Crippen LogP contribution in [-0.4, -0.2) is 33.6 Å². The Balaban J connectivity index is 3.96. The smallest absolute Gasteiger partial charge is 0.317 e. The molecule has 2 N–H and O–H groups in total. The van der Waals surface area contributed by atoms with Crippen LogP contribution in [0.4, 0.5) is 0 Å². The van der Waals surface area contributed by atoms with Crippen LogP contribution in [0.2, 0.25) is 0 Å². The minimum atomic E-state index is -1.42. The fourth-order valence-electron chi connectivity index (χ4n) is 1.27. The summed E-state index contributed by atoms with van der Waals surface area (Å²) in [5.74, 6) is -4.20. The topological polar surface area (TPSA) is 118 Å². The molecule has 16 heavy (non-hydrogen) atoms. The zero-order valence-electron chi connectivity index (χ0n) is 8.96. The van der Waals surface area contributed by atoms with E-state index in [2.05, 4.69) is 0 Å². The molecule has 0 amide bonds. The van der Waals surface area contributed by atoms with Crippen molar-refractivity contribution in [3.8, 4) is 0 Å². The van der Waals surface area contributed by atoms with Crippen LogP contribution in [0.3, 0.4) is 0 Å². The zero-order valence-corrected chi connectivity index (χ0v) is 8.96. The lowest BCUT2D eigenvalue weighted by atomic mass is 9.95. The van der Waals surface area contributed by atoms with Gasteiger partial charge < -0.3 is 10.2 Å². The van der Waals surface area contributed by atoms with E-state index in [1.54, 1.807) is 6.92 Å². The van der Waals surface area contributed by atoms with Crippen molar-refractivity contribution >= 4 is 11.9 Å². The van der Waals surface area contributed by atoms with Gasteiger partial charge in [-0.1, -0.05) is 6.92 Å². The Bertz CT molecular complexity index is 263. The molecule has 0 saturated heterocycles. The van der Waals surface area contributed by atoms with Crippen LogP contribution in [0.15, 0.2) is 0 Å². The normalized spacial score (nSPS) is 12.4. The van der Waals surface area contributed by atoms with Gasteiger partial charge in [-0.25, -0.2) is 0 Å². The summed E-state index contributed by atoms with van der Waals surface area (Å²) in [5, 5.41) is 27.2. The second-order valence-corrected chi connectivity index (χ2v) is 3.76. The maximum absolute atomic E-state index is 10.5. The first-order valence-corrected chi connectivity index (χ1v) is 4.92. The van der Waals surface area contributed by atoms with Gasteiger partial charge in [-0.05, 0) is 18.8 Å². The maximum Gasteiger partial charge on any atom is 0.317 e. The number of hydrogen-bond acceptors (Lipinski definition) is 4. The fourth-order valence-corrected chi connectivity index (χ4v) is 1.27. The average Bonchev–Trinajstić information content (AvgIpc) is 2.13. The number of carboxylic acid groups (broad SMARTS) is 2. The quantitative estimate of drug-likeness (QED) is 0.364. The van der Waals surface area contributed by atoms with Crippen LogP contribution in [0.5, 0.6) is 0 Å².